The highest BCUT2D eigenvalue weighted by Crippen LogP contribution is 2.72. The third-order valence-corrected chi connectivity index (χ3v) is 10.1. The molecule has 0 aromatic carbocycles. The second kappa shape index (κ2) is 10.2. The van der Waals surface area contributed by atoms with Gasteiger partial charge < -0.3 is 24.1 Å². The van der Waals surface area contributed by atoms with Gasteiger partial charge in [0.05, 0.1) is 30.8 Å². The fourth-order valence-corrected chi connectivity index (χ4v) is 8.44. The van der Waals surface area contributed by atoms with Gasteiger partial charge in [-0.15, -0.1) is 0 Å². The highest BCUT2D eigenvalue weighted by atomic mass is 19.1. The number of rotatable bonds is 8. The maximum atomic E-state index is 17.4. The number of ketones is 2. The van der Waals surface area contributed by atoms with Gasteiger partial charge >= 0.3 is 6.16 Å². The lowest BCUT2D eigenvalue weighted by Crippen LogP contribution is -2.70. The predicted molar refractivity (Wildman–Crippen MR) is 135 cm³/mol. The number of aliphatic hydroxyl groups excluding tert-OH is 1. The molecule has 1 saturated heterocycles. The standard InChI is InChI=1S/C28H38FNO11/c1-24(2)40-22-13-19-18-7-6-16-12-17(31)8-9-25(16,3)27(18,29)20(32)14-26(19,4)28(22,41-24)21(33)15-38-23(34)37-10-5-11-39-30(35)36/h8-9,12,18-20,22,32,35-36H,5-7,10-11,13-15H2,1-4H3/t18?,19-,20-,22+,25-,26-,27-,28+/m0/s1. The highest BCUT2D eigenvalue weighted by molar-refractivity contribution is 6.01. The quantitative estimate of drug-likeness (QED) is 0.218. The predicted octanol–water partition coefficient (Wildman–Crippen LogP) is 2.98. The summed E-state index contributed by atoms with van der Waals surface area (Å²) in [5, 5.41) is 28.2. The van der Waals surface area contributed by atoms with Crippen molar-refractivity contribution in [3.05, 3.63) is 23.8 Å². The van der Waals surface area contributed by atoms with Crippen molar-refractivity contribution in [1.82, 2.24) is 5.39 Å². The van der Waals surface area contributed by atoms with E-state index in [0.717, 1.165) is 0 Å². The molecule has 1 heterocycles. The molecule has 4 fully saturated rings. The van der Waals surface area contributed by atoms with Crippen molar-refractivity contribution in [2.45, 2.75) is 89.1 Å². The van der Waals surface area contributed by atoms with Gasteiger partial charge in [0.25, 0.3) is 0 Å². The summed E-state index contributed by atoms with van der Waals surface area (Å²) in [4.78, 5) is 42.6. The number of aliphatic hydroxyl groups is 1. The Labute approximate surface area is 236 Å². The average molecular weight is 584 g/mol. The number of fused-ring (bicyclic) bond motifs is 7. The molecule has 3 N–H and O–H groups in total. The average Bonchev–Trinajstić information content (AvgIpc) is 3.29. The van der Waals surface area contributed by atoms with Gasteiger partial charge in [0.15, 0.2) is 29.4 Å². The van der Waals surface area contributed by atoms with Crippen LogP contribution < -0.4 is 0 Å². The molecule has 8 atom stereocenters. The van der Waals surface area contributed by atoms with Gasteiger partial charge in [-0.1, -0.05) is 18.6 Å². The molecule has 12 nitrogen and oxygen atoms in total. The van der Waals surface area contributed by atoms with E-state index in [9.17, 15) is 19.5 Å². The van der Waals surface area contributed by atoms with Crippen LogP contribution in [-0.4, -0.2) is 87.7 Å². The van der Waals surface area contributed by atoms with E-state index in [1.807, 2.05) is 6.92 Å². The lowest BCUT2D eigenvalue weighted by Gasteiger charge is -2.62. The van der Waals surface area contributed by atoms with Gasteiger partial charge in [0.1, 0.15) is 0 Å². The summed E-state index contributed by atoms with van der Waals surface area (Å²) in [7, 11) is 0. The van der Waals surface area contributed by atoms with Crippen LogP contribution >= 0.6 is 0 Å². The second-order valence-electron chi connectivity index (χ2n) is 12.6. The molecule has 0 amide bonds. The van der Waals surface area contributed by atoms with Gasteiger partial charge in [-0.2, -0.15) is 0 Å². The number of carbonyl (C=O) groups is 3. The third-order valence-electron chi connectivity index (χ3n) is 10.1. The zero-order valence-corrected chi connectivity index (χ0v) is 23.6. The zero-order chi connectivity index (χ0) is 30.0. The molecule has 4 aliphatic carbocycles. The van der Waals surface area contributed by atoms with E-state index in [0.29, 0.717) is 24.8 Å². The molecular formula is C28H38FNO11. The Morgan fingerprint density at radius 3 is 2.59 bits per heavy atom. The molecule has 0 aromatic heterocycles. The van der Waals surface area contributed by atoms with Crippen molar-refractivity contribution in [3.63, 3.8) is 0 Å². The second-order valence-corrected chi connectivity index (χ2v) is 12.6. The van der Waals surface area contributed by atoms with E-state index >= 15 is 4.39 Å². The number of halogens is 1. The van der Waals surface area contributed by atoms with Crippen molar-refractivity contribution < 1.29 is 58.1 Å². The maximum Gasteiger partial charge on any atom is 0.508 e. The van der Waals surface area contributed by atoms with Gasteiger partial charge in [0, 0.05) is 23.2 Å². The first-order valence-electron chi connectivity index (χ1n) is 13.9. The van der Waals surface area contributed by atoms with Gasteiger partial charge in [0.2, 0.25) is 5.78 Å². The molecular weight excluding hydrogens is 545 g/mol. The van der Waals surface area contributed by atoms with Crippen LogP contribution in [-0.2, 0) is 33.4 Å². The number of hydrogen-bond acceptors (Lipinski definition) is 12. The normalized spacial score (nSPS) is 42.2. The van der Waals surface area contributed by atoms with Gasteiger partial charge in [-0.25, -0.2) is 9.18 Å². The van der Waals surface area contributed by atoms with E-state index in [-0.39, 0.29) is 31.8 Å². The number of hydrogen-bond donors (Lipinski definition) is 3. The minimum atomic E-state index is -2.08. The summed E-state index contributed by atoms with van der Waals surface area (Å²) in [6.45, 7) is 5.90. The Hall–Kier alpha value is -2.26. The minimum absolute atomic E-state index is 0.103. The molecule has 5 rings (SSSR count). The fraction of sp³-hybridized carbons (Fsp3) is 0.750. The van der Waals surface area contributed by atoms with E-state index in [1.54, 1.807) is 26.8 Å². The van der Waals surface area contributed by atoms with Crippen molar-refractivity contribution in [1.29, 1.82) is 0 Å². The largest absolute Gasteiger partial charge is 0.508 e. The summed E-state index contributed by atoms with van der Waals surface area (Å²) in [6.07, 6.45) is 2.25. The molecule has 1 aliphatic heterocycles. The first-order valence-corrected chi connectivity index (χ1v) is 13.9. The smallest absolute Gasteiger partial charge is 0.434 e. The van der Waals surface area contributed by atoms with E-state index in [2.05, 4.69) is 4.84 Å². The first kappa shape index (κ1) is 30.2. The SMILES string of the molecule is CC1(C)O[C@@H]2C[C@H]3C4CCC5=CC(=O)C=C[C@]5(C)[C@@]4(F)[C@@H](O)C[C@]3(C)[C@]2(C(=O)COC(=O)OCCCON(O)O)O1. The van der Waals surface area contributed by atoms with Crippen molar-refractivity contribution in [2.75, 3.05) is 19.8 Å². The molecule has 0 bridgehead atoms. The molecule has 0 aromatic rings. The summed E-state index contributed by atoms with van der Waals surface area (Å²) in [5.74, 6) is -2.98. The minimum Gasteiger partial charge on any atom is -0.434 e. The Morgan fingerprint density at radius 2 is 1.88 bits per heavy atom. The maximum absolute atomic E-state index is 17.4. The summed E-state index contributed by atoms with van der Waals surface area (Å²) in [6, 6.07) is 0. The van der Waals surface area contributed by atoms with Crippen molar-refractivity contribution >= 4 is 17.7 Å². The molecule has 0 radical (unpaired) electrons. The third kappa shape index (κ3) is 4.48. The number of ether oxygens (including phenoxy) is 4. The Kier molecular flexibility index (Phi) is 7.50. The first-order chi connectivity index (χ1) is 19.1. The lowest BCUT2D eigenvalue weighted by molar-refractivity contribution is -0.492. The van der Waals surface area contributed by atoms with Crippen LogP contribution in [0, 0.1) is 22.7 Å². The number of allylic oxidation sites excluding steroid dienone is 4. The Balaban J connectivity index is 1.38. The van der Waals surface area contributed by atoms with Crippen molar-refractivity contribution in [2.24, 2.45) is 22.7 Å². The van der Waals surface area contributed by atoms with Crippen LogP contribution in [0.4, 0.5) is 9.18 Å². The monoisotopic (exact) mass is 583 g/mol. The van der Waals surface area contributed by atoms with Crippen LogP contribution in [0.2, 0.25) is 0 Å². The number of carbonyl (C=O) groups excluding carboxylic acids is 3. The van der Waals surface area contributed by atoms with Crippen LogP contribution in [0.25, 0.3) is 0 Å². The zero-order valence-electron chi connectivity index (χ0n) is 23.6. The summed E-state index contributed by atoms with van der Waals surface area (Å²) >= 11 is 0. The molecule has 13 heteroatoms. The molecule has 5 aliphatic rings. The van der Waals surface area contributed by atoms with Gasteiger partial charge in [-0.05, 0) is 64.5 Å². The van der Waals surface area contributed by atoms with E-state index in [1.165, 1.54) is 12.2 Å². The number of nitrogens with zero attached hydrogens (tertiary/aromatic N) is 1. The number of Topliss-reactive ketones (excluding diaryl/α,β-unsaturated/α-hetero) is 1. The van der Waals surface area contributed by atoms with Crippen LogP contribution in [0.3, 0.4) is 0 Å². The van der Waals surface area contributed by atoms with Crippen molar-refractivity contribution in [3.8, 4) is 0 Å². The van der Waals surface area contributed by atoms with Crippen LogP contribution in [0.15, 0.2) is 23.8 Å². The summed E-state index contributed by atoms with van der Waals surface area (Å²) in [5.41, 5.74) is -5.26. The molecule has 41 heavy (non-hydrogen) atoms. The van der Waals surface area contributed by atoms with Gasteiger partial charge in [-0.3, -0.25) is 24.8 Å². The van der Waals surface area contributed by atoms with Crippen LogP contribution in [0.5, 0.6) is 0 Å². The lowest BCUT2D eigenvalue weighted by atomic mass is 9.44. The van der Waals surface area contributed by atoms with E-state index in [4.69, 9.17) is 29.4 Å². The topological polar surface area (TPSA) is 161 Å². The molecule has 228 valence electrons. The summed E-state index contributed by atoms with van der Waals surface area (Å²) < 4.78 is 40.1. The molecule has 0 spiro atoms. The Morgan fingerprint density at radius 1 is 1.15 bits per heavy atom. The fourth-order valence-electron chi connectivity index (χ4n) is 8.44. The van der Waals surface area contributed by atoms with Crippen LogP contribution in [0.1, 0.15) is 59.8 Å². The number of alkyl halides is 1. The van der Waals surface area contributed by atoms with E-state index < -0.39 is 75.9 Å². The molecule has 1 unspecified atom stereocenters. The molecule has 3 saturated carbocycles. The Bertz CT molecular complexity index is 1170. The highest BCUT2D eigenvalue weighted by Gasteiger charge is 2.80.